The van der Waals surface area contributed by atoms with E-state index in [0.29, 0.717) is 16.9 Å². The lowest BCUT2D eigenvalue weighted by Gasteiger charge is -2.26. The van der Waals surface area contributed by atoms with E-state index in [0.717, 1.165) is 96.4 Å². The van der Waals surface area contributed by atoms with Crippen molar-refractivity contribution < 1.29 is 0 Å². The van der Waals surface area contributed by atoms with E-state index in [1.54, 1.807) is 34.0 Å². The van der Waals surface area contributed by atoms with Crippen molar-refractivity contribution in [1.29, 1.82) is 5.26 Å². The molecule has 0 spiro atoms. The molecule has 0 saturated carbocycles. The van der Waals surface area contributed by atoms with Crippen LogP contribution in [0.2, 0.25) is 0 Å². The molecule has 0 atom stereocenters. The van der Waals surface area contributed by atoms with E-state index in [9.17, 15) is 11.8 Å². The van der Waals surface area contributed by atoms with Crippen molar-refractivity contribution in [2.45, 2.75) is 0 Å². The van der Waals surface area contributed by atoms with E-state index in [4.69, 9.17) is 4.85 Å². The maximum absolute atomic E-state index is 12.4. The van der Waals surface area contributed by atoms with Gasteiger partial charge in [-0.05, 0) is 52.6 Å². The first-order valence-electron chi connectivity index (χ1n) is 24.9. The lowest BCUT2D eigenvalue weighted by molar-refractivity contribution is 1.15. The van der Waals surface area contributed by atoms with Crippen LogP contribution in [0.3, 0.4) is 0 Å². The van der Waals surface area contributed by atoms with E-state index in [-0.39, 0.29) is 0 Å². The Hall–Kier alpha value is -9.34. The third-order valence-corrected chi connectivity index (χ3v) is 19.0. The second-order valence-corrected chi connectivity index (χ2v) is 22.4. The van der Waals surface area contributed by atoms with E-state index in [1.807, 2.05) is 12.1 Å². The van der Waals surface area contributed by atoms with Gasteiger partial charge in [0.15, 0.2) is 0 Å². The van der Waals surface area contributed by atoms with Crippen molar-refractivity contribution in [3.05, 3.63) is 235 Å². The summed E-state index contributed by atoms with van der Waals surface area (Å²) in [6.07, 6.45) is 0. The highest BCUT2D eigenvalue weighted by atomic mass is 32.1. The lowest BCUT2D eigenvalue weighted by atomic mass is 9.88. The molecule has 5 heterocycles. The van der Waals surface area contributed by atoms with E-state index in [1.165, 1.54) is 46.8 Å². The van der Waals surface area contributed by atoms with Crippen molar-refractivity contribution in [2.24, 2.45) is 0 Å². The van der Waals surface area contributed by atoms with Crippen molar-refractivity contribution in [3.63, 3.8) is 0 Å². The number of thiophene rings is 3. The highest BCUT2D eigenvalue weighted by molar-refractivity contribution is 7.27. The standard InChI is InChI=1S/C68H36N4S3/c1-70-60-59(41-21-9-4-10-22-41)65(71-54-26-14-11-23-43(54)46-30-35-51-52-37-42(39-17-5-2-6-18-39)29-36-57(52)75-68(51)62(46)71)58(40-19-7-3-8-20-40)53(38-69)61(60)72-63-47(31-33-49-44-24-12-15-27-55(44)73-66(49)63)48-32-34-50-45-25-13-16-28-56(45)74-67(50)64(48)72/h2-37H. The molecule has 75 heavy (non-hydrogen) atoms. The predicted octanol–water partition coefficient (Wildman–Crippen LogP) is 20.4. The summed E-state index contributed by atoms with van der Waals surface area (Å²) in [6, 6.07) is 80.7. The van der Waals surface area contributed by atoms with Crippen LogP contribution in [0.15, 0.2) is 218 Å². The number of benzene rings is 11. The first-order chi connectivity index (χ1) is 37.2. The fourth-order valence-corrected chi connectivity index (χ4v) is 15.9. The van der Waals surface area contributed by atoms with Crippen molar-refractivity contribution >= 4 is 144 Å². The van der Waals surface area contributed by atoms with Crippen LogP contribution in [0.4, 0.5) is 5.69 Å². The highest BCUT2D eigenvalue weighted by Crippen LogP contribution is 2.55. The van der Waals surface area contributed by atoms with Gasteiger partial charge in [0, 0.05) is 79.1 Å². The summed E-state index contributed by atoms with van der Waals surface area (Å²) in [5.41, 5.74) is 12.0. The summed E-state index contributed by atoms with van der Waals surface area (Å²) in [5, 5.41) is 23.8. The molecule has 0 aliphatic rings. The number of para-hydroxylation sites is 1. The Kier molecular flexibility index (Phi) is 9.05. The average molecular weight is 1010 g/mol. The topological polar surface area (TPSA) is 38.0 Å². The van der Waals surface area contributed by atoms with Crippen LogP contribution in [-0.2, 0) is 0 Å². The molecule has 16 aromatic rings. The molecule has 346 valence electrons. The van der Waals surface area contributed by atoms with Gasteiger partial charge in [-0.15, -0.1) is 34.0 Å². The van der Waals surface area contributed by atoms with Gasteiger partial charge in [-0.1, -0.05) is 188 Å². The number of hydrogen-bond donors (Lipinski definition) is 0. The van der Waals surface area contributed by atoms with Gasteiger partial charge in [0.25, 0.3) is 0 Å². The molecular weight excluding hydrogens is 969 g/mol. The van der Waals surface area contributed by atoms with Crippen molar-refractivity contribution in [1.82, 2.24) is 9.13 Å². The minimum atomic E-state index is 0.421. The number of nitriles is 1. The second-order valence-electron chi connectivity index (χ2n) is 19.2. The molecule has 4 nitrogen and oxygen atoms in total. The Morgan fingerprint density at radius 1 is 0.360 bits per heavy atom. The van der Waals surface area contributed by atoms with Gasteiger partial charge in [0.1, 0.15) is 6.07 Å². The first kappa shape index (κ1) is 42.2. The summed E-state index contributed by atoms with van der Waals surface area (Å²) < 4.78 is 11.7. The third-order valence-electron chi connectivity index (χ3n) is 15.4. The molecule has 0 radical (unpaired) electrons. The van der Waals surface area contributed by atoms with Gasteiger partial charge in [0.2, 0.25) is 5.69 Å². The molecule has 5 aromatic heterocycles. The van der Waals surface area contributed by atoms with Gasteiger partial charge in [-0.25, -0.2) is 4.85 Å². The fourth-order valence-electron chi connectivity index (χ4n) is 12.2. The van der Waals surface area contributed by atoms with Gasteiger partial charge in [0.05, 0.1) is 59.7 Å². The fraction of sp³-hybridized carbons (Fsp3) is 0. The number of nitrogens with zero attached hydrogens (tertiary/aromatic N) is 4. The first-order valence-corrected chi connectivity index (χ1v) is 27.4. The summed E-state index contributed by atoms with van der Waals surface area (Å²) in [4.78, 5) is 4.75. The summed E-state index contributed by atoms with van der Waals surface area (Å²) >= 11 is 5.36. The SMILES string of the molecule is [C-]#[N+]c1c(-c2ccccc2)c(-n2c3ccccc3c3ccc4c5cc(-c6ccccc6)ccc5sc4c32)c(-c2ccccc2)c(C#N)c1-n1c2c(ccc3c4ccccc4sc32)c2ccc3c4ccccc4sc3c21. The van der Waals surface area contributed by atoms with Gasteiger partial charge < -0.3 is 9.13 Å². The molecule has 0 aliphatic heterocycles. The molecule has 0 amide bonds. The van der Waals surface area contributed by atoms with Crippen molar-refractivity contribution in [2.75, 3.05) is 0 Å². The smallest absolute Gasteiger partial charge is 0.221 e. The Morgan fingerprint density at radius 3 is 1.36 bits per heavy atom. The molecule has 0 saturated heterocycles. The molecule has 11 aromatic carbocycles. The summed E-state index contributed by atoms with van der Waals surface area (Å²) in [6.45, 7) is 9.69. The van der Waals surface area contributed by atoms with Gasteiger partial charge in [-0.3, -0.25) is 0 Å². The van der Waals surface area contributed by atoms with Crippen LogP contribution >= 0.6 is 34.0 Å². The molecular formula is C68H36N4S3. The quantitative estimate of drug-likeness (QED) is 0.158. The maximum Gasteiger partial charge on any atom is 0.221 e. The largest absolute Gasteiger partial charge is 0.315 e. The predicted molar refractivity (Wildman–Crippen MR) is 321 cm³/mol. The van der Waals surface area contributed by atoms with Crippen LogP contribution in [0.5, 0.6) is 0 Å². The molecule has 0 aliphatic carbocycles. The van der Waals surface area contributed by atoms with Crippen LogP contribution in [-0.4, -0.2) is 9.13 Å². The van der Waals surface area contributed by atoms with Crippen LogP contribution in [0, 0.1) is 17.9 Å². The van der Waals surface area contributed by atoms with Gasteiger partial charge in [-0.2, -0.15) is 5.26 Å². The number of fused-ring (bicyclic) bond motifs is 18. The monoisotopic (exact) mass is 1000 g/mol. The summed E-state index contributed by atoms with van der Waals surface area (Å²) in [7, 11) is 0. The van der Waals surface area contributed by atoms with Crippen LogP contribution in [0.1, 0.15) is 5.56 Å². The lowest BCUT2D eigenvalue weighted by Crippen LogP contribution is -2.08. The zero-order chi connectivity index (χ0) is 49.5. The molecule has 0 fully saturated rings. The van der Waals surface area contributed by atoms with Crippen LogP contribution < -0.4 is 0 Å². The summed E-state index contributed by atoms with van der Waals surface area (Å²) in [5.74, 6) is 0. The molecule has 0 bridgehead atoms. The highest BCUT2D eigenvalue weighted by Gasteiger charge is 2.33. The van der Waals surface area contributed by atoms with E-state index in [2.05, 4.69) is 221 Å². The second kappa shape index (κ2) is 16.1. The minimum Gasteiger partial charge on any atom is -0.315 e. The van der Waals surface area contributed by atoms with Crippen molar-refractivity contribution in [3.8, 4) is 50.8 Å². The maximum atomic E-state index is 12.4. The molecule has 16 rings (SSSR count). The Bertz CT molecular complexity index is 4990. The number of rotatable bonds is 5. The molecule has 0 unspecified atom stereocenters. The van der Waals surface area contributed by atoms with Crippen LogP contribution in [0.25, 0.3) is 154 Å². The Balaban J connectivity index is 1.15. The zero-order valence-electron chi connectivity index (χ0n) is 39.8. The zero-order valence-corrected chi connectivity index (χ0v) is 42.2. The Morgan fingerprint density at radius 2 is 0.800 bits per heavy atom. The van der Waals surface area contributed by atoms with E-state index >= 15 is 0 Å². The number of hydrogen-bond acceptors (Lipinski definition) is 4. The van der Waals surface area contributed by atoms with Gasteiger partial charge >= 0.3 is 0 Å². The average Bonchev–Trinajstić information content (AvgIpc) is 4.47. The third kappa shape index (κ3) is 5.89. The molecule has 7 heteroatoms. The minimum absolute atomic E-state index is 0.421. The molecule has 0 N–H and O–H groups in total. The normalized spacial score (nSPS) is 12.0. The number of aromatic nitrogens is 2. The Labute approximate surface area is 441 Å². The van der Waals surface area contributed by atoms with E-state index < -0.39 is 0 Å².